The van der Waals surface area contributed by atoms with Crippen molar-refractivity contribution in [3.05, 3.63) is 63.9 Å². The van der Waals surface area contributed by atoms with Gasteiger partial charge in [-0.05, 0) is 43.3 Å². The van der Waals surface area contributed by atoms with Gasteiger partial charge in [-0.1, -0.05) is 35.5 Å². The number of halogens is 1. The molecule has 28 heavy (non-hydrogen) atoms. The van der Waals surface area contributed by atoms with E-state index in [-0.39, 0.29) is 11.5 Å². The van der Waals surface area contributed by atoms with Gasteiger partial charge in [0.1, 0.15) is 0 Å². The second kappa shape index (κ2) is 9.23. The smallest absolute Gasteiger partial charge is 0.266 e. The third-order valence-corrected chi connectivity index (χ3v) is 5.39. The number of amides is 1. The summed E-state index contributed by atoms with van der Waals surface area (Å²) >= 11 is 7.22. The molecule has 0 saturated heterocycles. The SMILES string of the molecule is COCCNC(=O)[C@@H](C)Sc1nc2ccccc2c(=O)n1-c1ccc(Cl)cc1. The van der Waals surface area contributed by atoms with Crippen LogP contribution in [0.1, 0.15) is 6.92 Å². The van der Waals surface area contributed by atoms with E-state index in [1.165, 1.54) is 16.3 Å². The molecule has 0 spiro atoms. The number of fused-ring (bicyclic) bond motifs is 1. The van der Waals surface area contributed by atoms with Crippen molar-refractivity contribution in [1.82, 2.24) is 14.9 Å². The number of aromatic nitrogens is 2. The number of carbonyl (C=O) groups is 1. The molecule has 0 saturated carbocycles. The van der Waals surface area contributed by atoms with Crippen LogP contribution in [0.4, 0.5) is 0 Å². The summed E-state index contributed by atoms with van der Waals surface area (Å²) in [6.07, 6.45) is 0. The molecule has 2 aromatic carbocycles. The molecule has 1 amide bonds. The van der Waals surface area contributed by atoms with Gasteiger partial charge in [-0.3, -0.25) is 14.2 Å². The fourth-order valence-corrected chi connectivity index (χ4v) is 3.72. The fraction of sp³-hybridized carbons (Fsp3) is 0.250. The highest BCUT2D eigenvalue weighted by Crippen LogP contribution is 2.25. The summed E-state index contributed by atoms with van der Waals surface area (Å²) in [4.78, 5) is 30.1. The van der Waals surface area contributed by atoms with E-state index in [4.69, 9.17) is 16.3 Å². The monoisotopic (exact) mass is 417 g/mol. The number of para-hydroxylation sites is 1. The van der Waals surface area contributed by atoms with Crippen molar-refractivity contribution in [1.29, 1.82) is 0 Å². The second-order valence-corrected chi connectivity index (χ2v) is 7.82. The quantitative estimate of drug-likeness (QED) is 0.363. The van der Waals surface area contributed by atoms with Crippen molar-refractivity contribution in [2.24, 2.45) is 0 Å². The lowest BCUT2D eigenvalue weighted by Crippen LogP contribution is -2.34. The zero-order valence-corrected chi connectivity index (χ0v) is 17.1. The number of ether oxygens (including phenoxy) is 1. The number of benzene rings is 2. The van der Waals surface area contributed by atoms with Gasteiger partial charge >= 0.3 is 0 Å². The van der Waals surface area contributed by atoms with Gasteiger partial charge in [-0.2, -0.15) is 0 Å². The summed E-state index contributed by atoms with van der Waals surface area (Å²) in [5.74, 6) is -0.146. The Hall–Kier alpha value is -2.35. The fourth-order valence-electron chi connectivity index (χ4n) is 2.64. The predicted molar refractivity (Wildman–Crippen MR) is 113 cm³/mol. The number of nitrogens with one attached hydrogen (secondary N) is 1. The molecule has 8 heteroatoms. The maximum atomic E-state index is 13.2. The van der Waals surface area contributed by atoms with Gasteiger partial charge in [0.25, 0.3) is 5.56 Å². The van der Waals surface area contributed by atoms with Gasteiger partial charge in [0.05, 0.1) is 28.4 Å². The van der Waals surface area contributed by atoms with Crippen LogP contribution in [0.5, 0.6) is 0 Å². The number of hydrogen-bond acceptors (Lipinski definition) is 5. The lowest BCUT2D eigenvalue weighted by molar-refractivity contribution is -0.120. The van der Waals surface area contributed by atoms with Crippen molar-refractivity contribution in [3.8, 4) is 5.69 Å². The van der Waals surface area contributed by atoms with Gasteiger partial charge in [0, 0.05) is 18.7 Å². The Kier molecular flexibility index (Phi) is 6.72. The van der Waals surface area contributed by atoms with Crippen LogP contribution in [0, 0.1) is 0 Å². The lowest BCUT2D eigenvalue weighted by Gasteiger charge is -2.16. The summed E-state index contributed by atoms with van der Waals surface area (Å²) in [6.45, 7) is 2.64. The molecular weight excluding hydrogens is 398 g/mol. The maximum Gasteiger partial charge on any atom is 0.266 e. The average Bonchev–Trinajstić information content (AvgIpc) is 2.69. The first-order valence-corrected chi connectivity index (χ1v) is 9.98. The highest BCUT2D eigenvalue weighted by atomic mass is 35.5. The molecular formula is C20H20ClN3O3S. The van der Waals surface area contributed by atoms with Crippen molar-refractivity contribution < 1.29 is 9.53 Å². The summed E-state index contributed by atoms with van der Waals surface area (Å²) < 4.78 is 6.47. The topological polar surface area (TPSA) is 73.2 Å². The van der Waals surface area contributed by atoms with Crippen LogP contribution in [0.25, 0.3) is 16.6 Å². The Bertz CT molecular complexity index is 1040. The van der Waals surface area contributed by atoms with Crippen molar-refractivity contribution in [2.75, 3.05) is 20.3 Å². The molecule has 1 aromatic heterocycles. The second-order valence-electron chi connectivity index (χ2n) is 6.07. The van der Waals surface area contributed by atoms with E-state index in [0.717, 1.165) is 0 Å². The van der Waals surface area contributed by atoms with Crippen molar-refractivity contribution >= 4 is 40.2 Å². The summed E-state index contributed by atoms with van der Waals surface area (Å²) in [6, 6.07) is 14.1. The molecule has 0 aliphatic carbocycles. The molecule has 1 N–H and O–H groups in total. The molecule has 0 bridgehead atoms. The van der Waals surface area contributed by atoms with E-state index in [0.29, 0.717) is 39.9 Å². The van der Waals surface area contributed by atoms with E-state index >= 15 is 0 Å². The molecule has 1 heterocycles. The maximum absolute atomic E-state index is 13.2. The van der Waals surface area contributed by atoms with E-state index in [9.17, 15) is 9.59 Å². The van der Waals surface area contributed by atoms with Crippen LogP contribution in [0.3, 0.4) is 0 Å². The molecule has 1 atom stereocenters. The molecule has 0 radical (unpaired) electrons. The molecule has 0 fully saturated rings. The molecule has 3 aromatic rings. The molecule has 146 valence electrons. The Morgan fingerprint density at radius 2 is 1.96 bits per heavy atom. The normalized spacial score (nSPS) is 12.1. The minimum atomic E-state index is -0.441. The predicted octanol–water partition coefficient (Wildman–Crippen LogP) is 3.28. The van der Waals surface area contributed by atoms with E-state index < -0.39 is 5.25 Å². The van der Waals surface area contributed by atoms with E-state index in [1.54, 1.807) is 56.5 Å². The van der Waals surface area contributed by atoms with Crippen LogP contribution < -0.4 is 10.9 Å². The standard InChI is InChI=1S/C20H20ClN3O3S/c1-13(18(25)22-11-12-27-2)28-20-23-17-6-4-3-5-16(17)19(26)24(20)15-9-7-14(21)8-10-15/h3-10,13H,11-12H2,1-2H3,(H,22,25)/t13-/m1/s1. The third-order valence-electron chi connectivity index (χ3n) is 4.09. The van der Waals surface area contributed by atoms with Gasteiger partial charge in [0.15, 0.2) is 5.16 Å². The van der Waals surface area contributed by atoms with E-state index in [2.05, 4.69) is 10.3 Å². The van der Waals surface area contributed by atoms with Crippen LogP contribution >= 0.6 is 23.4 Å². The zero-order valence-electron chi connectivity index (χ0n) is 15.5. The number of rotatable bonds is 7. The van der Waals surface area contributed by atoms with Crippen LogP contribution in [-0.4, -0.2) is 41.0 Å². The largest absolute Gasteiger partial charge is 0.383 e. The van der Waals surface area contributed by atoms with Gasteiger partial charge in [0.2, 0.25) is 5.91 Å². The Labute approximate surface area is 171 Å². The van der Waals surface area contributed by atoms with Crippen LogP contribution in [-0.2, 0) is 9.53 Å². The van der Waals surface area contributed by atoms with Crippen molar-refractivity contribution in [2.45, 2.75) is 17.3 Å². The summed E-state index contributed by atoms with van der Waals surface area (Å²) in [7, 11) is 1.58. The number of thioether (sulfide) groups is 1. The highest BCUT2D eigenvalue weighted by Gasteiger charge is 2.20. The molecule has 0 aliphatic heterocycles. The van der Waals surface area contributed by atoms with Crippen LogP contribution in [0.15, 0.2) is 58.5 Å². The Morgan fingerprint density at radius 3 is 2.68 bits per heavy atom. The number of carbonyl (C=O) groups excluding carboxylic acids is 1. The minimum Gasteiger partial charge on any atom is -0.383 e. The van der Waals surface area contributed by atoms with E-state index in [1.807, 2.05) is 6.07 Å². The van der Waals surface area contributed by atoms with Crippen molar-refractivity contribution in [3.63, 3.8) is 0 Å². The first kappa shape index (κ1) is 20.4. The Balaban J connectivity index is 2.02. The number of nitrogens with zero attached hydrogens (tertiary/aromatic N) is 2. The molecule has 6 nitrogen and oxygen atoms in total. The number of methoxy groups -OCH3 is 1. The van der Waals surface area contributed by atoms with Gasteiger partial charge in [-0.15, -0.1) is 0 Å². The molecule has 0 aliphatic rings. The molecule has 3 rings (SSSR count). The highest BCUT2D eigenvalue weighted by molar-refractivity contribution is 8.00. The first-order valence-electron chi connectivity index (χ1n) is 8.72. The molecule has 0 unspecified atom stereocenters. The van der Waals surface area contributed by atoms with Gasteiger partial charge in [-0.25, -0.2) is 4.98 Å². The zero-order chi connectivity index (χ0) is 20.1. The minimum absolute atomic E-state index is 0.146. The summed E-state index contributed by atoms with van der Waals surface area (Å²) in [5, 5.41) is 3.90. The third kappa shape index (κ3) is 4.55. The Morgan fingerprint density at radius 1 is 1.25 bits per heavy atom. The number of hydrogen-bond donors (Lipinski definition) is 1. The van der Waals surface area contributed by atoms with Crippen LogP contribution in [0.2, 0.25) is 5.02 Å². The lowest BCUT2D eigenvalue weighted by atomic mass is 10.2. The average molecular weight is 418 g/mol. The summed E-state index contributed by atoms with van der Waals surface area (Å²) in [5.41, 5.74) is 1.04. The van der Waals surface area contributed by atoms with Gasteiger partial charge < -0.3 is 10.1 Å². The first-order chi connectivity index (χ1) is 13.5.